The SMILES string of the molecule is CC(C)NC(=O)C(C)N(Cc1ccccc1Cl)C(=O)CCCN1C(=O)c2cccc3cccc1c23. The van der Waals surface area contributed by atoms with Gasteiger partial charge in [0.2, 0.25) is 11.8 Å². The fourth-order valence-electron chi connectivity index (χ4n) is 4.53. The van der Waals surface area contributed by atoms with E-state index in [1.807, 2.05) is 68.4 Å². The fraction of sp³-hybridized carbons (Fsp3) is 0.321. The van der Waals surface area contributed by atoms with Crippen LogP contribution in [0, 0.1) is 0 Å². The van der Waals surface area contributed by atoms with Crippen molar-refractivity contribution in [2.24, 2.45) is 0 Å². The van der Waals surface area contributed by atoms with Gasteiger partial charge in [0.1, 0.15) is 6.04 Å². The van der Waals surface area contributed by atoms with Crippen molar-refractivity contribution < 1.29 is 14.4 Å². The second-order valence-corrected chi connectivity index (χ2v) is 9.60. The number of nitrogens with zero attached hydrogens (tertiary/aromatic N) is 2. The predicted molar refractivity (Wildman–Crippen MR) is 140 cm³/mol. The standard InChI is InChI=1S/C28H30ClN3O3/c1-18(2)30-27(34)19(3)32(17-21-9-4-5-13-23(21)29)25(33)15-8-16-31-24-14-7-11-20-10-6-12-22(26(20)24)28(31)35/h4-7,9-14,18-19H,8,15-17H2,1-3H3,(H,30,34). The molecule has 0 saturated carbocycles. The van der Waals surface area contributed by atoms with Crippen LogP contribution >= 0.6 is 11.6 Å². The topological polar surface area (TPSA) is 69.7 Å². The summed E-state index contributed by atoms with van der Waals surface area (Å²) in [5, 5.41) is 5.43. The van der Waals surface area contributed by atoms with Crippen LogP contribution in [0.4, 0.5) is 5.69 Å². The summed E-state index contributed by atoms with van der Waals surface area (Å²) in [6.07, 6.45) is 0.687. The van der Waals surface area contributed by atoms with Gasteiger partial charge in [0.25, 0.3) is 5.91 Å². The molecule has 0 radical (unpaired) electrons. The zero-order chi connectivity index (χ0) is 25.1. The van der Waals surface area contributed by atoms with Crippen LogP contribution in [-0.2, 0) is 16.1 Å². The summed E-state index contributed by atoms with van der Waals surface area (Å²) in [6.45, 7) is 6.16. The number of benzene rings is 3. The molecule has 0 fully saturated rings. The first-order valence-corrected chi connectivity index (χ1v) is 12.3. The molecule has 182 valence electrons. The van der Waals surface area contributed by atoms with Crippen LogP contribution < -0.4 is 10.2 Å². The highest BCUT2D eigenvalue weighted by molar-refractivity contribution is 6.31. The number of anilines is 1. The Hall–Kier alpha value is -3.38. The van der Waals surface area contributed by atoms with Crippen LogP contribution in [0.3, 0.4) is 0 Å². The summed E-state index contributed by atoms with van der Waals surface area (Å²) in [4.78, 5) is 42.4. The highest BCUT2D eigenvalue weighted by atomic mass is 35.5. The minimum Gasteiger partial charge on any atom is -0.352 e. The lowest BCUT2D eigenvalue weighted by molar-refractivity contribution is -0.140. The van der Waals surface area contributed by atoms with Crippen molar-refractivity contribution in [3.8, 4) is 0 Å². The third-order valence-electron chi connectivity index (χ3n) is 6.32. The molecule has 4 rings (SSSR count). The summed E-state index contributed by atoms with van der Waals surface area (Å²) in [5.41, 5.74) is 2.36. The first kappa shape index (κ1) is 24.7. The van der Waals surface area contributed by atoms with Crippen molar-refractivity contribution in [3.05, 3.63) is 76.8 Å². The second-order valence-electron chi connectivity index (χ2n) is 9.19. The number of hydrogen-bond donors (Lipinski definition) is 1. The van der Waals surface area contributed by atoms with Crippen LogP contribution in [0.1, 0.15) is 49.5 Å². The Morgan fingerprint density at radius 3 is 2.43 bits per heavy atom. The van der Waals surface area contributed by atoms with E-state index in [1.54, 1.807) is 22.8 Å². The van der Waals surface area contributed by atoms with Crippen molar-refractivity contribution in [1.29, 1.82) is 0 Å². The number of hydrogen-bond acceptors (Lipinski definition) is 3. The van der Waals surface area contributed by atoms with Gasteiger partial charge in [0.15, 0.2) is 0 Å². The molecule has 1 unspecified atom stereocenters. The van der Waals surface area contributed by atoms with E-state index in [2.05, 4.69) is 5.32 Å². The highest BCUT2D eigenvalue weighted by Gasteiger charge is 2.30. The van der Waals surface area contributed by atoms with Gasteiger partial charge in [-0.05, 0) is 56.3 Å². The van der Waals surface area contributed by atoms with Gasteiger partial charge in [-0.15, -0.1) is 0 Å². The van der Waals surface area contributed by atoms with Gasteiger partial charge in [-0.2, -0.15) is 0 Å². The highest BCUT2D eigenvalue weighted by Crippen LogP contribution is 2.37. The molecular weight excluding hydrogens is 462 g/mol. The first-order valence-electron chi connectivity index (χ1n) is 11.9. The van der Waals surface area contributed by atoms with Gasteiger partial charge in [-0.25, -0.2) is 0 Å². The molecule has 1 aliphatic heterocycles. The number of halogens is 1. The van der Waals surface area contributed by atoms with E-state index < -0.39 is 6.04 Å². The van der Waals surface area contributed by atoms with Gasteiger partial charge in [-0.1, -0.05) is 54.1 Å². The zero-order valence-electron chi connectivity index (χ0n) is 20.3. The second kappa shape index (κ2) is 10.5. The largest absolute Gasteiger partial charge is 0.352 e. The lowest BCUT2D eigenvalue weighted by Gasteiger charge is -2.30. The molecule has 0 spiro atoms. The van der Waals surface area contributed by atoms with Crippen LogP contribution in [0.2, 0.25) is 5.02 Å². The molecule has 35 heavy (non-hydrogen) atoms. The molecule has 1 aliphatic rings. The average Bonchev–Trinajstić information content (AvgIpc) is 3.10. The molecule has 3 aromatic rings. The normalized spacial score (nSPS) is 13.4. The molecule has 7 heteroatoms. The van der Waals surface area contributed by atoms with Crippen molar-refractivity contribution >= 4 is 45.8 Å². The van der Waals surface area contributed by atoms with E-state index in [4.69, 9.17) is 11.6 Å². The maximum Gasteiger partial charge on any atom is 0.258 e. The van der Waals surface area contributed by atoms with Gasteiger partial charge in [-0.3, -0.25) is 14.4 Å². The summed E-state index contributed by atoms with van der Waals surface area (Å²) in [5.74, 6) is -0.405. The van der Waals surface area contributed by atoms with Crippen LogP contribution in [-0.4, -0.2) is 41.2 Å². The first-order chi connectivity index (χ1) is 16.8. The van der Waals surface area contributed by atoms with E-state index >= 15 is 0 Å². The van der Waals surface area contributed by atoms with Crippen molar-refractivity contribution in [2.75, 3.05) is 11.4 Å². The summed E-state index contributed by atoms with van der Waals surface area (Å²) in [7, 11) is 0. The number of rotatable bonds is 9. The average molecular weight is 492 g/mol. The molecule has 3 aromatic carbocycles. The Labute approximate surface area is 210 Å². The smallest absolute Gasteiger partial charge is 0.258 e. The maximum absolute atomic E-state index is 13.4. The Bertz CT molecular complexity index is 1270. The third-order valence-corrected chi connectivity index (χ3v) is 6.69. The van der Waals surface area contributed by atoms with Crippen molar-refractivity contribution in [2.45, 2.75) is 52.2 Å². The van der Waals surface area contributed by atoms with Gasteiger partial charge < -0.3 is 15.1 Å². The number of nitrogens with one attached hydrogen (secondary N) is 1. The van der Waals surface area contributed by atoms with Crippen LogP contribution in [0.25, 0.3) is 10.8 Å². The lowest BCUT2D eigenvalue weighted by atomic mass is 10.1. The minimum atomic E-state index is -0.660. The molecule has 1 atom stereocenters. The molecule has 0 aliphatic carbocycles. The maximum atomic E-state index is 13.4. The molecule has 1 heterocycles. The third kappa shape index (κ3) is 5.17. The van der Waals surface area contributed by atoms with Crippen LogP contribution in [0.5, 0.6) is 0 Å². The fourth-order valence-corrected chi connectivity index (χ4v) is 4.73. The summed E-state index contributed by atoms with van der Waals surface area (Å²) >= 11 is 6.35. The molecule has 6 nitrogen and oxygen atoms in total. The van der Waals surface area contributed by atoms with E-state index in [-0.39, 0.29) is 36.7 Å². The Morgan fingerprint density at radius 2 is 1.71 bits per heavy atom. The molecule has 1 N–H and O–H groups in total. The van der Waals surface area contributed by atoms with E-state index in [1.165, 1.54) is 0 Å². The predicted octanol–water partition coefficient (Wildman–Crippen LogP) is 5.18. The van der Waals surface area contributed by atoms with E-state index in [0.717, 1.165) is 22.0 Å². The molecule has 0 aromatic heterocycles. The van der Waals surface area contributed by atoms with Gasteiger partial charge >= 0.3 is 0 Å². The Kier molecular flexibility index (Phi) is 7.41. The van der Waals surface area contributed by atoms with Crippen molar-refractivity contribution in [1.82, 2.24) is 10.2 Å². The van der Waals surface area contributed by atoms with Gasteiger partial charge in [0, 0.05) is 41.5 Å². The number of amides is 3. The van der Waals surface area contributed by atoms with Crippen LogP contribution in [0.15, 0.2) is 60.7 Å². The monoisotopic (exact) mass is 491 g/mol. The minimum absolute atomic E-state index is 0.0345. The molecular formula is C28H30ClN3O3. The molecule has 3 amide bonds. The summed E-state index contributed by atoms with van der Waals surface area (Å²) in [6, 6.07) is 18.3. The summed E-state index contributed by atoms with van der Waals surface area (Å²) < 4.78 is 0. The molecule has 0 saturated heterocycles. The van der Waals surface area contributed by atoms with E-state index in [9.17, 15) is 14.4 Å². The lowest BCUT2D eigenvalue weighted by Crippen LogP contribution is -2.49. The Balaban J connectivity index is 1.47. The van der Waals surface area contributed by atoms with Gasteiger partial charge in [0.05, 0.1) is 5.69 Å². The number of carbonyl (C=O) groups excluding carboxylic acids is 3. The number of carbonyl (C=O) groups is 3. The van der Waals surface area contributed by atoms with Crippen molar-refractivity contribution in [3.63, 3.8) is 0 Å². The zero-order valence-corrected chi connectivity index (χ0v) is 21.0. The van der Waals surface area contributed by atoms with E-state index in [0.29, 0.717) is 23.6 Å². The molecule has 0 bridgehead atoms. The Morgan fingerprint density at radius 1 is 1.00 bits per heavy atom. The quantitative estimate of drug-likeness (QED) is 0.448.